The van der Waals surface area contributed by atoms with Gasteiger partial charge < -0.3 is 10.6 Å². The van der Waals surface area contributed by atoms with Crippen LogP contribution in [0.25, 0.3) is 10.2 Å². The van der Waals surface area contributed by atoms with Crippen LogP contribution in [0.3, 0.4) is 0 Å². The van der Waals surface area contributed by atoms with E-state index in [4.69, 9.17) is 5.73 Å². The van der Waals surface area contributed by atoms with Gasteiger partial charge in [0.15, 0.2) is 0 Å². The molecule has 0 spiro atoms. The van der Waals surface area contributed by atoms with Crippen molar-refractivity contribution in [2.45, 2.75) is 32.7 Å². The quantitative estimate of drug-likeness (QED) is 0.937. The van der Waals surface area contributed by atoms with Crippen LogP contribution in [-0.4, -0.2) is 40.2 Å². The molecule has 0 bridgehead atoms. The molecular weight excluding hydrogens is 308 g/mol. The topological polar surface area (TPSA) is 64.2 Å². The number of fused-ring (bicyclic) bond motifs is 1. The molecule has 5 nitrogen and oxygen atoms in total. The fourth-order valence-electron chi connectivity index (χ4n) is 2.13. The largest absolute Gasteiger partial charge is 0.337 e. The summed E-state index contributed by atoms with van der Waals surface area (Å²) in [5.41, 5.74) is 6.68. The van der Waals surface area contributed by atoms with Crippen molar-refractivity contribution in [1.29, 1.82) is 0 Å². The zero-order valence-electron chi connectivity index (χ0n) is 13.1. The van der Waals surface area contributed by atoms with Crippen molar-refractivity contribution in [1.82, 2.24) is 14.7 Å². The monoisotopic (exact) mass is 330 g/mol. The molecule has 1 amide bonds. The van der Waals surface area contributed by atoms with E-state index in [1.807, 2.05) is 24.7 Å². The van der Waals surface area contributed by atoms with Crippen molar-refractivity contribution < 1.29 is 4.79 Å². The number of hydrogen-bond donors (Lipinski definition) is 1. The van der Waals surface area contributed by atoms with Crippen LogP contribution in [0.15, 0.2) is 6.07 Å². The van der Waals surface area contributed by atoms with Crippen LogP contribution in [0, 0.1) is 0 Å². The van der Waals surface area contributed by atoms with Gasteiger partial charge in [-0.3, -0.25) is 9.48 Å². The molecule has 118 valence electrons. The lowest BCUT2D eigenvalue weighted by molar-refractivity contribution is 0.0753. The smallest absolute Gasteiger partial charge is 0.264 e. The second-order valence-electron chi connectivity index (χ2n) is 5.49. The first-order valence-corrected chi connectivity index (χ1v) is 7.62. The summed E-state index contributed by atoms with van der Waals surface area (Å²) in [7, 11) is 3.72. The molecule has 0 fully saturated rings. The first-order valence-electron chi connectivity index (χ1n) is 6.80. The molecule has 7 heteroatoms. The number of rotatable bonds is 4. The van der Waals surface area contributed by atoms with Crippen molar-refractivity contribution in [2.75, 3.05) is 13.6 Å². The first-order chi connectivity index (χ1) is 9.36. The summed E-state index contributed by atoms with van der Waals surface area (Å²) in [4.78, 5) is 16.0. The van der Waals surface area contributed by atoms with E-state index in [2.05, 4.69) is 18.9 Å². The van der Waals surface area contributed by atoms with Gasteiger partial charge in [0.1, 0.15) is 4.83 Å². The van der Waals surface area contributed by atoms with Crippen LogP contribution >= 0.6 is 23.7 Å². The maximum absolute atomic E-state index is 12.5. The molecule has 0 aliphatic carbocycles. The molecule has 2 aromatic heterocycles. The minimum atomic E-state index is 0. The Morgan fingerprint density at radius 1 is 1.48 bits per heavy atom. The fourth-order valence-corrected chi connectivity index (χ4v) is 3.19. The summed E-state index contributed by atoms with van der Waals surface area (Å²) in [5.74, 6) is 0.371. The zero-order chi connectivity index (χ0) is 15.0. The molecule has 2 aromatic rings. The number of aryl methyl sites for hydroxylation is 1. The molecule has 1 atom stereocenters. The summed E-state index contributed by atoms with van der Waals surface area (Å²) >= 11 is 1.49. The SMILES string of the molecule is CC(C)c1nn(C)c2sc(C(=O)N(C)C(C)CN)cc12.Cl. The second kappa shape index (κ2) is 6.77. The number of carbonyl (C=O) groups is 1. The predicted molar refractivity (Wildman–Crippen MR) is 90.5 cm³/mol. The lowest BCUT2D eigenvalue weighted by Gasteiger charge is -2.22. The summed E-state index contributed by atoms with van der Waals surface area (Å²) < 4.78 is 1.86. The summed E-state index contributed by atoms with van der Waals surface area (Å²) in [6.07, 6.45) is 0. The van der Waals surface area contributed by atoms with E-state index in [1.165, 1.54) is 11.3 Å². The Bertz CT molecular complexity index is 634. The first kappa shape index (κ1) is 17.9. The Hall–Kier alpha value is -1.11. The number of thiophene rings is 1. The molecular formula is C14H23ClN4OS. The van der Waals surface area contributed by atoms with Gasteiger partial charge >= 0.3 is 0 Å². The molecule has 2 N–H and O–H groups in total. The number of aromatic nitrogens is 2. The molecule has 0 saturated carbocycles. The van der Waals surface area contributed by atoms with Crippen molar-refractivity contribution in [3.05, 3.63) is 16.6 Å². The van der Waals surface area contributed by atoms with E-state index in [0.717, 1.165) is 20.8 Å². The van der Waals surface area contributed by atoms with Gasteiger partial charge in [0.25, 0.3) is 5.91 Å². The molecule has 1 unspecified atom stereocenters. The van der Waals surface area contributed by atoms with Crippen molar-refractivity contribution in [3.63, 3.8) is 0 Å². The third-order valence-electron chi connectivity index (χ3n) is 3.62. The number of nitrogens with two attached hydrogens (primary N) is 1. The van der Waals surface area contributed by atoms with Gasteiger partial charge in [-0.15, -0.1) is 23.7 Å². The van der Waals surface area contributed by atoms with Crippen LogP contribution < -0.4 is 5.73 Å². The fraction of sp³-hybridized carbons (Fsp3) is 0.571. The Kier molecular flexibility index (Phi) is 5.78. The lowest BCUT2D eigenvalue weighted by Crippen LogP contribution is -2.39. The predicted octanol–water partition coefficient (Wildman–Crippen LogP) is 2.60. The second-order valence-corrected chi connectivity index (χ2v) is 6.52. The average Bonchev–Trinajstić information content (AvgIpc) is 2.97. The van der Waals surface area contributed by atoms with E-state index in [0.29, 0.717) is 12.5 Å². The number of likely N-dealkylation sites (N-methyl/N-ethyl adjacent to an activating group) is 1. The highest BCUT2D eigenvalue weighted by Crippen LogP contribution is 2.32. The molecule has 0 aromatic carbocycles. The van der Waals surface area contributed by atoms with Crippen LogP contribution in [0.1, 0.15) is 42.1 Å². The van der Waals surface area contributed by atoms with Gasteiger partial charge in [-0.25, -0.2) is 0 Å². The van der Waals surface area contributed by atoms with E-state index in [-0.39, 0.29) is 24.4 Å². The minimum Gasteiger partial charge on any atom is -0.337 e. The summed E-state index contributed by atoms with van der Waals surface area (Å²) in [5, 5.41) is 5.62. The Morgan fingerprint density at radius 2 is 2.10 bits per heavy atom. The molecule has 21 heavy (non-hydrogen) atoms. The van der Waals surface area contributed by atoms with Gasteiger partial charge in [-0.05, 0) is 18.9 Å². The van der Waals surface area contributed by atoms with Crippen LogP contribution in [-0.2, 0) is 7.05 Å². The van der Waals surface area contributed by atoms with Gasteiger partial charge in [0, 0.05) is 32.1 Å². The Labute approximate surface area is 135 Å². The molecule has 0 aliphatic heterocycles. The van der Waals surface area contributed by atoms with Crippen LogP contribution in [0.4, 0.5) is 0 Å². The standard InChI is InChI=1S/C14H22N4OS.ClH/c1-8(2)12-10-6-11(20-14(10)18(5)16-12)13(19)17(4)9(3)7-15;/h6,8-9H,7,15H2,1-5H3;1H. The third kappa shape index (κ3) is 3.22. The molecule has 0 aliphatic rings. The summed E-state index contributed by atoms with van der Waals surface area (Å²) in [6, 6.07) is 2.00. The third-order valence-corrected chi connectivity index (χ3v) is 4.81. The minimum absolute atomic E-state index is 0. The number of hydrogen-bond acceptors (Lipinski definition) is 4. The molecule has 2 heterocycles. The Morgan fingerprint density at radius 3 is 2.62 bits per heavy atom. The van der Waals surface area contributed by atoms with E-state index < -0.39 is 0 Å². The lowest BCUT2D eigenvalue weighted by atomic mass is 10.1. The highest BCUT2D eigenvalue weighted by molar-refractivity contribution is 7.20. The van der Waals surface area contributed by atoms with E-state index in [1.54, 1.807) is 11.9 Å². The van der Waals surface area contributed by atoms with Crippen LogP contribution in [0.2, 0.25) is 0 Å². The molecule has 0 radical (unpaired) electrons. The maximum Gasteiger partial charge on any atom is 0.264 e. The zero-order valence-corrected chi connectivity index (χ0v) is 14.7. The van der Waals surface area contributed by atoms with Gasteiger partial charge in [0.05, 0.1) is 10.6 Å². The Balaban J connectivity index is 0.00000220. The summed E-state index contributed by atoms with van der Waals surface area (Å²) in [6.45, 7) is 6.64. The van der Waals surface area contributed by atoms with E-state index >= 15 is 0 Å². The number of halogens is 1. The average molecular weight is 331 g/mol. The molecule has 2 rings (SSSR count). The van der Waals surface area contributed by atoms with Crippen molar-refractivity contribution >= 4 is 39.9 Å². The van der Waals surface area contributed by atoms with E-state index in [9.17, 15) is 4.79 Å². The molecule has 0 saturated heterocycles. The number of carbonyl (C=O) groups excluding carboxylic acids is 1. The van der Waals surface area contributed by atoms with Crippen molar-refractivity contribution in [2.24, 2.45) is 12.8 Å². The van der Waals surface area contributed by atoms with Gasteiger partial charge in [-0.1, -0.05) is 13.8 Å². The highest BCUT2D eigenvalue weighted by Gasteiger charge is 2.22. The number of nitrogens with zero attached hydrogens (tertiary/aromatic N) is 3. The highest BCUT2D eigenvalue weighted by atomic mass is 35.5. The maximum atomic E-state index is 12.5. The number of amides is 1. The van der Waals surface area contributed by atoms with Crippen LogP contribution in [0.5, 0.6) is 0 Å². The normalized spacial score (nSPS) is 12.5. The van der Waals surface area contributed by atoms with Crippen molar-refractivity contribution in [3.8, 4) is 0 Å². The van der Waals surface area contributed by atoms with Gasteiger partial charge in [0.2, 0.25) is 0 Å². The van der Waals surface area contributed by atoms with Gasteiger partial charge in [-0.2, -0.15) is 5.10 Å².